The molecule has 4 rings (SSSR count). The van der Waals surface area contributed by atoms with E-state index in [4.69, 9.17) is 4.74 Å². The van der Waals surface area contributed by atoms with Gasteiger partial charge in [-0.15, -0.1) is 0 Å². The van der Waals surface area contributed by atoms with Crippen molar-refractivity contribution in [1.29, 1.82) is 0 Å². The van der Waals surface area contributed by atoms with Crippen LogP contribution in [0, 0.1) is 0 Å². The summed E-state index contributed by atoms with van der Waals surface area (Å²) in [7, 11) is 0. The number of hydrogen-bond acceptors (Lipinski definition) is 3. The molecule has 0 saturated carbocycles. The van der Waals surface area contributed by atoms with E-state index in [1.807, 2.05) is 29.6 Å². The maximum Gasteiger partial charge on any atom is 0.227 e. The maximum atomic E-state index is 12.7. The molecule has 0 bridgehead atoms. The molecule has 1 amide bonds. The lowest BCUT2D eigenvalue weighted by atomic mass is 10.0. The van der Waals surface area contributed by atoms with E-state index in [2.05, 4.69) is 15.6 Å². The van der Waals surface area contributed by atoms with Crippen LogP contribution in [0.2, 0.25) is 0 Å². The van der Waals surface area contributed by atoms with E-state index in [0.717, 1.165) is 50.3 Å². The predicted molar refractivity (Wildman–Crippen MR) is 86.4 cm³/mol. The Morgan fingerprint density at radius 1 is 1.39 bits per heavy atom. The number of ether oxygens (including phenoxy) is 1. The van der Waals surface area contributed by atoms with Gasteiger partial charge < -0.3 is 14.2 Å². The Labute approximate surface area is 135 Å². The van der Waals surface area contributed by atoms with Gasteiger partial charge in [-0.1, -0.05) is 12.1 Å². The highest BCUT2D eigenvalue weighted by molar-refractivity contribution is 5.79. The Balaban J connectivity index is 1.42. The molecule has 1 saturated heterocycles. The lowest BCUT2D eigenvalue weighted by Crippen LogP contribution is -2.41. The van der Waals surface area contributed by atoms with Gasteiger partial charge in [-0.3, -0.25) is 4.79 Å². The summed E-state index contributed by atoms with van der Waals surface area (Å²) < 4.78 is 7.64. The molecule has 1 fully saturated rings. The molecule has 0 N–H and O–H groups in total. The van der Waals surface area contributed by atoms with E-state index in [9.17, 15) is 4.79 Å². The normalized spacial score (nSPS) is 20.2. The first-order valence-electron chi connectivity index (χ1n) is 8.29. The summed E-state index contributed by atoms with van der Waals surface area (Å²) in [5.41, 5.74) is 2.31. The lowest BCUT2D eigenvalue weighted by Gasteiger charge is -2.33. The SMILES string of the molecule is O=C(Cc1ccc2c(c1)CCO2)N1CCCC(n2ccnc2)C1. The van der Waals surface area contributed by atoms with Crippen LogP contribution in [-0.4, -0.2) is 40.1 Å². The topological polar surface area (TPSA) is 47.4 Å². The maximum absolute atomic E-state index is 12.7. The third-order valence-electron chi connectivity index (χ3n) is 4.80. The highest BCUT2D eigenvalue weighted by atomic mass is 16.5. The number of nitrogens with zero attached hydrogens (tertiary/aromatic N) is 3. The number of likely N-dealkylation sites (tertiary alicyclic amines) is 1. The Morgan fingerprint density at radius 3 is 3.22 bits per heavy atom. The van der Waals surface area contributed by atoms with Gasteiger partial charge in [0.2, 0.25) is 5.91 Å². The first kappa shape index (κ1) is 14.3. The second kappa shape index (κ2) is 6.07. The smallest absolute Gasteiger partial charge is 0.227 e. The van der Waals surface area contributed by atoms with Crippen LogP contribution in [0.15, 0.2) is 36.9 Å². The molecule has 2 aliphatic heterocycles. The number of rotatable bonds is 3. The molecular weight excluding hydrogens is 290 g/mol. The van der Waals surface area contributed by atoms with Gasteiger partial charge in [0.05, 0.1) is 25.4 Å². The molecule has 2 aliphatic rings. The lowest BCUT2D eigenvalue weighted by molar-refractivity contribution is -0.132. The van der Waals surface area contributed by atoms with Crippen molar-refractivity contribution < 1.29 is 9.53 Å². The first-order valence-corrected chi connectivity index (χ1v) is 8.29. The number of hydrogen-bond donors (Lipinski definition) is 0. The molecule has 1 unspecified atom stereocenters. The molecular formula is C18H21N3O2. The minimum absolute atomic E-state index is 0.216. The van der Waals surface area contributed by atoms with Gasteiger partial charge in [-0.05, 0) is 30.0 Å². The minimum atomic E-state index is 0.216. The Kier molecular flexibility index (Phi) is 3.77. The molecule has 1 atom stereocenters. The van der Waals surface area contributed by atoms with Crippen molar-refractivity contribution in [3.8, 4) is 5.75 Å². The largest absolute Gasteiger partial charge is 0.493 e. The number of amides is 1. The van der Waals surface area contributed by atoms with Crippen molar-refractivity contribution in [2.75, 3.05) is 19.7 Å². The second-order valence-corrected chi connectivity index (χ2v) is 6.36. The van der Waals surface area contributed by atoms with Gasteiger partial charge in [0.25, 0.3) is 0 Å². The predicted octanol–water partition coefficient (Wildman–Crippen LogP) is 2.22. The van der Waals surface area contributed by atoms with E-state index in [1.165, 1.54) is 5.56 Å². The van der Waals surface area contributed by atoms with Crippen molar-refractivity contribution in [1.82, 2.24) is 14.5 Å². The summed E-state index contributed by atoms with van der Waals surface area (Å²) >= 11 is 0. The van der Waals surface area contributed by atoms with Gasteiger partial charge in [0.1, 0.15) is 5.75 Å². The second-order valence-electron chi connectivity index (χ2n) is 6.36. The number of carbonyl (C=O) groups is 1. The first-order chi connectivity index (χ1) is 11.3. The third kappa shape index (κ3) is 2.96. The highest BCUT2D eigenvalue weighted by Crippen LogP contribution is 2.27. The van der Waals surface area contributed by atoms with Crippen molar-refractivity contribution in [3.63, 3.8) is 0 Å². The van der Waals surface area contributed by atoms with Crippen LogP contribution >= 0.6 is 0 Å². The third-order valence-corrected chi connectivity index (χ3v) is 4.80. The number of benzene rings is 1. The quantitative estimate of drug-likeness (QED) is 0.873. The van der Waals surface area contributed by atoms with E-state index in [0.29, 0.717) is 12.5 Å². The fourth-order valence-corrected chi connectivity index (χ4v) is 3.55. The summed E-state index contributed by atoms with van der Waals surface area (Å²) in [4.78, 5) is 18.8. The molecule has 0 radical (unpaired) electrons. The standard InChI is InChI=1S/C18H21N3O2/c22-18(11-14-3-4-17-15(10-14)5-9-23-17)20-7-1-2-16(12-20)21-8-6-19-13-21/h3-4,6,8,10,13,16H,1-2,5,7,9,11-12H2. The Morgan fingerprint density at radius 2 is 2.35 bits per heavy atom. The number of piperidine rings is 1. The Bertz CT molecular complexity index is 696. The number of aromatic nitrogens is 2. The van der Waals surface area contributed by atoms with Gasteiger partial charge >= 0.3 is 0 Å². The molecule has 3 heterocycles. The van der Waals surface area contributed by atoms with Crippen LogP contribution in [-0.2, 0) is 17.6 Å². The Hall–Kier alpha value is -2.30. The van der Waals surface area contributed by atoms with E-state index >= 15 is 0 Å². The van der Waals surface area contributed by atoms with E-state index in [1.54, 1.807) is 6.20 Å². The number of imidazole rings is 1. The molecule has 2 aromatic rings. The van der Waals surface area contributed by atoms with Crippen LogP contribution < -0.4 is 4.74 Å². The zero-order valence-electron chi connectivity index (χ0n) is 13.1. The summed E-state index contributed by atoms with van der Waals surface area (Å²) in [6.07, 6.45) is 9.21. The summed E-state index contributed by atoms with van der Waals surface area (Å²) in [5, 5.41) is 0. The van der Waals surface area contributed by atoms with E-state index < -0.39 is 0 Å². The molecule has 0 aliphatic carbocycles. The van der Waals surface area contributed by atoms with Gasteiger partial charge in [-0.25, -0.2) is 4.98 Å². The van der Waals surface area contributed by atoms with Crippen LogP contribution in [0.1, 0.15) is 30.0 Å². The van der Waals surface area contributed by atoms with Crippen molar-refractivity contribution in [2.24, 2.45) is 0 Å². The average molecular weight is 311 g/mol. The molecule has 23 heavy (non-hydrogen) atoms. The molecule has 0 spiro atoms. The van der Waals surface area contributed by atoms with E-state index in [-0.39, 0.29) is 5.91 Å². The monoisotopic (exact) mass is 311 g/mol. The fraction of sp³-hybridized carbons (Fsp3) is 0.444. The van der Waals surface area contributed by atoms with Crippen LogP contribution in [0.5, 0.6) is 5.75 Å². The van der Waals surface area contributed by atoms with Gasteiger partial charge in [-0.2, -0.15) is 0 Å². The van der Waals surface area contributed by atoms with Crippen LogP contribution in [0.3, 0.4) is 0 Å². The van der Waals surface area contributed by atoms with Crippen LogP contribution in [0.25, 0.3) is 0 Å². The average Bonchev–Trinajstić information content (AvgIpc) is 3.26. The molecule has 1 aromatic carbocycles. The van der Waals surface area contributed by atoms with Gasteiger partial charge in [0, 0.05) is 31.9 Å². The van der Waals surface area contributed by atoms with Crippen molar-refractivity contribution in [3.05, 3.63) is 48.0 Å². The summed E-state index contributed by atoms with van der Waals surface area (Å²) in [5.74, 6) is 1.19. The zero-order valence-corrected chi connectivity index (χ0v) is 13.1. The molecule has 5 nitrogen and oxygen atoms in total. The number of carbonyl (C=O) groups excluding carboxylic acids is 1. The fourth-order valence-electron chi connectivity index (χ4n) is 3.55. The zero-order chi connectivity index (χ0) is 15.6. The summed E-state index contributed by atoms with van der Waals surface area (Å²) in [6, 6.07) is 6.48. The van der Waals surface area contributed by atoms with Crippen molar-refractivity contribution >= 4 is 5.91 Å². The summed E-state index contributed by atoms with van der Waals surface area (Å²) in [6.45, 7) is 2.40. The number of fused-ring (bicyclic) bond motifs is 1. The molecule has 1 aromatic heterocycles. The van der Waals surface area contributed by atoms with Gasteiger partial charge in [0.15, 0.2) is 0 Å². The minimum Gasteiger partial charge on any atom is -0.493 e. The highest BCUT2D eigenvalue weighted by Gasteiger charge is 2.24. The molecule has 120 valence electrons. The van der Waals surface area contributed by atoms with Crippen LogP contribution in [0.4, 0.5) is 0 Å². The van der Waals surface area contributed by atoms with Crippen molar-refractivity contribution in [2.45, 2.75) is 31.7 Å². The molecule has 5 heteroatoms.